The highest BCUT2D eigenvalue weighted by Gasteiger charge is 2.09. The highest BCUT2D eigenvalue weighted by atomic mass is 16.1. The number of hydrogen-bond donors (Lipinski definition) is 2. The molecule has 0 unspecified atom stereocenters. The zero-order valence-electron chi connectivity index (χ0n) is 15.3. The van der Waals surface area contributed by atoms with Crippen LogP contribution in [0.25, 0.3) is 0 Å². The number of nitrogens with zero attached hydrogens (tertiary/aromatic N) is 1. The van der Waals surface area contributed by atoms with E-state index in [2.05, 4.69) is 34.7 Å². The van der Waals surface area contributed by atoms with E-state index in [9.17, 15) is 9.59 Å². The van der Waals surface area contributed by atoms with Crippen molar-refractivity contribution in [3.63, 3.8) is 0 Å². The highest BCUT2D eigenvalue weighted by molar-refractivity contribution is 6.05. The number of amides is 1. The summed E-state index contributed by atoms with van der Waals surface area (Å²) in [6.07, 6.45) is 2.57. The number of aryl methyl sites for hydroxylation is 1. The molecule has 0 aliphatic heterocycles. The fourth-order valence-corrected chi connectivity index (χ4v) is 2.63. The van der Waals surface area contributed by atoms with Gasteiger partial charge >= 0.3 is 0 Å². The van der Waals surface area contributed by atoms with Gasteiger partial charge in [0, 0.05) is 28.7 Å². The number of carbonyl (C=O) groups is 2. The molecule has 136 valence electrons. The van der Waals surface area contributed by atoms with Crippen molar-refractivity contribution in [2.45, 2.75) is 20.3 Å². The number of anilines is 3. The number of hydrogen-bond acceptors (Lipinski definition) is 4. The number of aromatic nitrogens is 1. The summed E-state index contributed by atoms with van der Waals surface area (Å²) in [5.74, 6) is 0.280. The molecule has 5 heteroatoms. The Morgan fingerprint density at radius 3 is 2.41 bits per heavy atom. The summed E-state index contributed by atoms with van der Waals surface area (Å²) >= 11 is 0. The predicted molar refractivity (Wildman–Crippen MR) is 108 cm³/mol. The molecule has 0 atom stereocenters. The first kappa shape index (κ1) is 18.3. The maximum absolute atomic E-state index is 12.5. The van der Waals surface area contributed by atoms with E-state index in [4.69, 9.17) is 0 Å². The predicted octanol–water partition coefficient (Wildman–Crippen LogP) is 4.84. The Bertz CT molecular complexity index is 965. The first-order valence-electron chi connectivity index (χ1n) is 8.79. The summed E-state index contributed by atoms with van der Waals surface area (Å²) in [6.45, 7) is 3.60. The zero-order valence-corrected chi connectivity index (χ0v) is 15.3. The summed E-state index contributed by atoms with van der Waals surface area (Å²) in [5, 5.41) is 6.02. The third-order valence-electron chi connectivity index (χ3n) is 4.18. The van der Waals surface area contributed by atoms with Crippen LogP contribution in [-0.4, -0.2) is 16.7 Å². The van der Waals surface area contributed by atoms with Crippen molar-refractivity contribution >= 4 is 28.9 Å². The number of nitrogens with one attached hydrogen (secondary N) is 2. The Hall–Kier alpha value is -3.47. The standard InChI is InChI=1S/C22H21N3O2/c1-3-16-7-9-19(10-8-16)24-21-14-18(11-12-23-21)22(27)25-20-6-4-5-17(13-20)15(2)26/h4-14H,3H2,1-2H3,(H,23,24)(H,25,27). The second-order valence-electron chi connectivity index (χ2n) is 6.20. The van der Waals surface area contributed by atoms with Gasteiger partial charge in [0.2, 0.25) is 0 Å². The molecule has 0 bridgehead atoms. The minimum absolute atomic E-state index is 0.0458. The van der Waals surface area contributed by atoms with E-state index in [1.165, 1.54) is 12.5 Å². The maximum atomic E-state index is 12.5. The minimum Gasteiger partial charge on any atom is -0.340 e. The summed E-state index contributed by atoms with van der Waals surface area (Å²) in [7, 11) is 0. The third kappa shape index (κ3) is 4.79. The van der Waals surface area contributed by atoms with Crippen LogP contribution in [0.2, 0.25) is 0 Å². The number of ketones is 1. The van der Waals surface area contributed by atoms with Crippen molar-refractivity contribution in [3.05, 3.63) is 83.6 Å². The third-order valence-corrected chi connectivity index (χ3v) is 4.18. The average molecular weight is 359 g/mol. The Morgan fingerprint density at radius 2 is 1.70 bits per heavy atom. The number of rotatable bonds is 6. The minimum atomic E-state index is -0.262. The van der Waals surface area contributed by atoms with Crippen LogP contribution in [0.15, 0.2) is 66.9 Å². The van der Waals surface area contributed by atoms with Gasteiger partial charge in [-0.25, -0.2) is 4.98 Å². The lowest BCUT2D eigenvalue weighted by molar-refractivity contribution is 0.101. The van der Waals surface area contributed by atoms with Crippen LogP contribution in [0.5, 0.6) is 0 Å². The molecule has 0 saturated heterocycles. The largest absolute Gasteiger partial charge is 0.340 e. The number of carbonyl (C=O) groups excluding carboxylic acids is 2. The first-order chi connectivity index (χ1) is 13.0. The quantitative estimate of drug-likeness (QED) is 0.618. The van der Waals surface area contributed by atoms with E-state index in [1.807, 2.05) is 12.1 Å². The van der Waals surface area contributed by atoms with Crippen LogP contribution in [0.3, 0.4) is 0 Å². The average Bonchev–Trinajstić information content (AvgIpc) is 2.69. The van der Waals surface area contributed by atoms with Crippen molar-refractivity contribution in [2.75, 3.05) is 10.6 Å². The van der Waals surface area contributed by atoms with Gasteiger partial charge < -0.3 is 10.6 Å². The van der Waals surface area contributed by atoms with E-state index in [-0.39, 0.29) is 11.7 Å². The topological polar surface area (TPSA) is 71.1 Å². The molecule has 3 rings (SSSR count). The van der Waals surface area contributed by atoms with Crippen LogP contribution in [-0.2, 0) is 6.42 Å². The lowest BCUT2D eigenvalue weighted by Crippen LogP contribution is -2.12. The van der Waals surface area contributed by atoms with Crippen molar-refractivity contribution in [3.8, 4) is 0 Å². The van der Waals surface area contributed by atoms with Crippen molar-refractivity contribution in [1.82, 2.24) is 4.98 Å². The monoisotopic (exact) mass is 359 g/mol. The molecule has 0 aliphatic rings. The van der Waals surface area contributed by atoms with Crippen molar-refractivity contribution < 1.29 is 9.59 Å². The van der Waals surface area contributed by atoms with Gasteiger partial charge in [-0.05, 0) is 55.3 Å². The SMILES string of the molecule is CCc1ccc(Nc2cc(C(=O)Nc3cccc(C(C)=O)c3)ccn2)cc1. The van der Waals surface area contributed by atoms with Gasteiger partial charge in [0.1, 0.15) is 5.82 Å². The Morgan fingerprint density at radius 1 is 0.926 bits per heavy atom. The normalized spacial score (nSPS) is 10.3. The molecule has 5 nitrogen and oxygen atoms in total. The van der Waals surface area contributed by atoms with E-state index in [0.29, 0.717) is 22.6 Å². The summed E-state index contributed by atoms with van der Waals surface area (Å²) in [4.78, 5) is 28.3. The molecule has 0 radical (unpaired) electrons. The van der Waals surface area contributed by atoms with E-state index >= 15 is 0 Å². The van der Waals surface area contributed by atoms with Crippen LogP contribution in [0.1, 0.15) is 40.1 Å². The molecule has 1 amide bonds. The second-order valence-corrected chi connectivity index (χ2v) is 6.20. The molecular formula is C22H21N3O2. The van der Waals surface area contributed by atoms with E-state index in [1.54, 1.807) is 42.6 Å². The van der Waals surface area contributed by atoms with Gasteiger partial charge in [-0.15, -0.1) is 0 Å². The zero-order chi connectivity index (χ0) is 19.2. The Balaban J connectivity index is 1.73. The van der Waals surface area contributed by atoms with Gasteiger partial charge in [-0.3, -0.25) is 9.59 Å². The summed E-state index contributed by atoms with van der Waals surface area (Å²) in [6, 6.07) is 18.3. The molecule has 3 aromatic rings. The smallest absolute Gasteiger partial charge is 0.255 e. The summed E-state index contributed by atoms with van der Waals surface area (Å²) < 4.78 is 0. The van der Waals surface area contributed by atoms with Gasteiger partial charge in [-0.1, -0.05) is 31.2 Å². The fourth-order valence-electron chi connectivity index (χ4n) is 2.63. The van der Waals surface area contributed by atoms with Gasteiger partial charge in [0.25, 0.3) is 5.91 Å². The number of benzene rings is 2. The van der Waals surface area contributed by atoms with Crippen molar-refractivity contribution in [1.29, 1.82) is 0 Å². The van der Waals surface area contributed by atoms with E-state index < -0.39 is 0 Å². The molecule has 1 aromatic heterocycles. The van der Waals surface area contributed by atoms with Crippen LogP contribution in [0.4, 0.5) is 17.2 Å². The van der Waals surface area contributed by atoms with Crippen LogP contribution < -0.4 is 10.6 Å². The molecule has 0 saturated carbocycles. The Kier molecular flexibility index (Phi) is 5.61. The lowest BCUT2D eigenvalue weighted by atomic mass is 10.1. The summed E-state index contributed by atoms with van der Waals surface area (Å²) in [5.41, 5.74) is 3.78. The number of pyridine rings is 1. The van der Waals surface area contributed by atoms with Gasteiger partial charge in [0.15, 0.2) is 5.78 Å². The fraction of sp³-hybridized carbons (Fsp3) is 0.136. The first-order valence-corrected chi connectivity index (χ1v) is 8.79. The molecule has 1 heterocycles. The molecule has 0 fully saturated rings. The maximum Gasteiger partial charge on any atom is 0.255 e. The molecule has 27 heavy (non-hydrogen) atoms. The molecule has 0 aliphatic carbocycles. The van der Waals surface area contributed by atoms with E-state index in [0.717, 1.165) is 12.1 Å². The van der Waals surface area contributed by atoms with Gasteiger partial charge in [0.05, 0.1) is 0 Å². The molecule has 2 N–H and O–H groups in total. The number of Topliss-reactive ketones (excluding diaryl/α,β-unsaturated/α-hetero) is 1. The van der Waals surface area contributed by atoms with Crippen LogP contribution in [0, 0.1) is 0 Å². The second kappa shape index (κ2) is 8.27. The molecular weight excluding hydrogens is 338 g/mol. The lowest BCUT2D eigenvalue weighted by Gasteiger charge is -2.09. The highest BCUT2D eigenvalue weighted by Crippen LogP contribution is 2.18. The Labute approximate surface area is 158 Å². The van der Waals surface area contributed by atoms with Gasteiger partial charge in [-0.2, -0.15) is 0 Å². The van der Waals surface area contributed by atoms with Crippen molar-refractivity contribution in [2.24, 2.45) is 0 Å². The molecule has 2 aromatic carbocycles. The molecule has 0 spiro atoms. The van der Waals surface area contributed by atoms with Crippen LogP contribution >= 0.6 is 0 Å².